The summed E-state index contributed by atoms with van der Waals surface area (Å²) in [7, 11) is 0. The fourth-order valence-electron chi connectivity index (χ4n) is 2.70. The van der Waals surface area contributed by atoms with E-state index < -0.39 is 5.97 Å². The summed E-state index contributed by atoms with van der Waals surface area (Å²) in [6.45, 7) is 0. The summed E-state index contributed by atoms with van der Waals surface area (Å²) < 4.78 is 0. The lowest BCUT2D eigenvalue weighted by molar-refractivity contribution is -0.146. The van der Waals surface area contributed by atoms with Crippen molar-refractivity contribution in [2.24, 2.45) is 5.92 Å². The minimum Gasteiger partial charge on any atom is -0.481 e. The summed E-state index contributed by atoms with van der Waals surface area (Å²) in [4.78, 5) is 27.1. The molecule has 1 aliphatic carbocycles. The molecule has 1 saturated carbocycles. The standard InChI is InChI=1S/C16H16N2O3/c19-14(18-13-7-12(8-13)16(20)21)9-11-4-1-3-10-5-2-6-17-15(10)11/h1-6,12-13H,7-9H2,(H,18,19)(H,20,21). The van der Waals surface area contributed by atoms with Crippen LogP contribution in [0.15, 0.2) is 36.5 Å². The van der Waals surface area contributed by atoms with Crippen LogP contribution in [0.1, 0.15) is 18.4 Å². The Kier molecular flexibility index (Phi) is 3.56. The van der Waals surface area contributed by atoms with E-state index in [0.717, 1.165) is 16.5 Å². The lowest BCUT2D eigenvalue weighted by Gasteiger charge is -2.32. The molecule has 3 rings (SSSR count). The average Bonchev–Trinajstić information content (AvgIpc) is 2.42. The third-order valence-corrected chi connectivity index (χ3v) is 3.92. The van der Waals surface area contributed by atoms with Gasteiger partial charge >= 0.3 is 5.97 Å². The molecule has 2 aromatic rings. The molecule has 0 radical (unpaired) electrons. The van der Waals surface area contributed by atoms with Crippen LogP contribution in [0.25, 0.3) is 10.9 Å². The molecule has 0 atom stereocenters. The molecule has 0 bridgehead atoms. The number of carbonyl (C=O) groups excluding carboxylic acids is 1. The predicted octanol–water partition coefficient (Wildman–Crippen LogP) is 1.76. The highest BCUT2D eigenvalue weighted by atomic mass is 16.4. The molecule has 21 heavy (non-hydrogen) atoms. The Labute approximate surface area is 122 Å². The van der Waals surface area contributed by atoms with Crippen molar-refractivity contribution < 1.29 is 14.7 Å². The maximum absolute atomic E-state index is 12.0. The molecule has 1 aliphatic rings. The highest BCUT2D eigenvalue weighted by molar-refractivity contribution is 5.87. The Morgan fingerprint density at radius 1 is 1.24 bits per heavy atom. The summed E-state index contributed by atoms with van der Waals surface area (Å²) in [5.74, 6) is -1.17. The van der Waals surface area contributed by atoms with Gasteiger partial charge in [0, 0.05) is 17.6 Å². The summed E-state index contributed by atoms with van der Waals surface area (Å²) in [6.07, 6.45) is 3.03. The van der Waals surface area contributed by atoms with Crippen molar-refractivity contribution in [1.82, 2.24) is 10.3 Å². The van der Waals surface area contributed by atoms with Crippen LogP contribution in [-0.4, -0.2) is 28.0 Å². The minimum atomic E-state index is -0.779. The quantitative estimate of drug-likeness (QED) is 0.896. The van der Waals surface area contributed by atoms with Gasteiger partial charge < -0.3 is 10.4 Å². The van der Waals surface area contributed by atoms with E-state index in [4.69, 9.17) is 5.11 Å². The monoisotopic (exact) mass is 284 g/mol. The van der Waals surface area contributed by atoms with Gasteiger partial charge in [-0.2, -0.15) is 0 Å². The molecule has 1 fully saturated rings. The van der Waals surface area contributed by atoms with Crippen molar-refractivity contribution in [1.29, 1.82) is 0 Å². The molecular weight excluding hydrogens is 268 g/mol. The molecule has 5 nitrogen and oxygen atoms in total. The molecule has 1 amide bonds. The maximum atomic E-state index is 12.0. The van der Waals surface area contributed by atoms with Gasteiger partial charge in [-0.15, -0.1) is 0 Å². The Morgan fingerprint density at radius 2 is 2.00 bits per heavy atom. The van der Waals surface area contributed by atoms with Crippen LogP contribution in [-0.2, 0) is 16.0 Å². The van der Waals surface area contributed by atoms with Crippen molar-refractivity contribution in [3.63, 3.8) is 0 Å². The van der Waals surface area contributed by atoms with Crippen LogP contribution in [0.4, 0.5) is 0 Å². The number of benzene rings is 1. The third kappa shape index (κ3) is 2.86. The first-order chi connectivity index (χ1) is 10.1. The van der Waals surface area contributed by atoms with Crippen molar-refractivity contribution >= 4 is 22.8 Å². The van der Waals surface area contributed by atoms with E-state index in [9.17, 15) is 9.59 Å². The van der Waals surface area contributed by atoms with Crippen molar-refractivity contribution in [2.75, 3.05) is 0 Å². The van der Waals surface area contributed by atoms with Crippen molar-refractivity contribution in [3.05, 3.63) is 42.1 Å². The second-order valence-electron chi connectivity index (χ2n) is 5.44. The molecule has 1 heterocycles. The van der Waals surface area contributed by atoms with Crippen LogP contribution in [0.3, 0.4) is 0 Å². The maximum Gasteiger partial charge on any atom is 0.306 e. The number of nitrogens with one attached hydrogen (secondary N) is 1. The lowest BCUT2D eigenvalue weighted by Crippen LogP contribution is -2.47. The molecule has 5 heteroatoms. The molecule has 0 spiro atoms. The van der Waals surface area contributed by atoms with Gasteiger partial charge in [0.1, 0.15) is 0 Å². The van der Waals surface area contributed by atoms with E-state index in [1.807, 2.05) is 30.3 Å². The molecule has 108 valence electrons. The fourth-order valence-corrected chi connectivity index (χ4v) is 2.70. The number of fused-ring (bicyclic) bond motifs is 1. The number of aromatic nitrogens is 1. The van der Waals surface area contributed by atoms with Gasteiger partial charge in [0.15, 0.2) is 0 Å². The molecule has 0 aliphatic heterocycles. The van der Waals surface area contributed by atoms with Crippen molar-refractivity contribution in [3.8, 4) is 0 Å². The highest BCUT2D eigenvalue weighted by Crippen LogP contribution is 2.27. The predicted molar refractivity (Wildman–Crippen MR) is 77.7 cm³/mol. The topological polar surface area (TPSA) is 79.3 Å². The number of hydrogen-bond acceptors (Lipinski definition) is 3. The second-order valence-corrected chi connectivity index (χ2v) is 5.44. The third-order valence-electron chi connectivity index (χ3n) is 3.92. The number of amides is 1. The molecule has 1 aromatic heterocycles. The van der Waals surface area contributed by atoms with E-state index in [1.54, 1.807) is 6.20 Å². The summed E-state index contributed by atoms with van der Waals surface area (Å²) in [6, 6.07) is 9.60. The lowest BCUT2D eigenvalue weighted by atomic mass is 9.80. The molecule has 2 N–H and O–H groups in total. The second kappa shape index (κ2) is 5.52. The number of hydrogen-bond donors (Lipinski definition) is 2. The summed E-state index contributed by atoms with van der Waals surface area (Å²) in [5.41, 5.74) is 1.73. The normalized spacial score (nSPS) is 20.8. The average molecular weight is 284 g/mol. The fraction of sp³-hybridized carbons (Fsp3) is 0.312. The van der Waals surface area contributed by atoms with Gasteiger partial charge in [-0.05, 0) is 24.5 Å². The van der Waals surface area contributed by atoms with Gasteiger partial charge in [0.2, 0.25) is 5.91 Å². The zero-order valence-electron chi connectivity index (χ0n) is 11.5. The molecule has 1 aromatic carbocycles. The smallest absolute Gasteiger partial charge is 0.306 e. The van der Waals surface area contributed by atoms with Crippen LogP contribution in [0.2, 0.25) is 0 Å². The number of nitrogens with zero attached hydrogens (tertiary/aromatic N) is 1. The number of rotatable bonds is 4. The molecular formula is C16H16N2O3. The Hall–Kier alpha value is -2.43. The zero-order chi connectivity index (χ0) is 14.8. The van der Waals surface area contributed by atoms with E-state index in [1.165, 1.54) is 0 Å². The van der Waals surface area contributed by atoms with Gasteiger partial charge in [-0.1, -0.05) is 24.3 Å². The molecule has 0 saturated heterocycles. The number of carboxylic acids is 1. The van der Waals surface area contributed by atoms with Gasteiger partial charge in [0.25, 0.3) is 0 Å². The van der Waals surface area contributed by atoms with E-state index in [0.29, 0.717) is 12.8 Å². The Morgan fingerprint density at radius 3 is 2.76 bits per heavy atom. The van der Waals surface area contributed by atoms with Gasteiger partial charge in [0.05, 0.1) is 17.9 Å². The Bertz CT molecular complexity index is 687. The number of pyridine rings is 1. The zero-order valence-corrected chi connectivity index (χ0v) is 11.5. The summed E-state index contributed by atoms with van der Waals surface area (Å²) in [5, 5.41) is 12.7. The highest BCUT2D eigenvalue weighted by Gasteiger charge is 2.35. The first-order valence-electron chi connectivity index (χ1n) is 6.98. The van der Waals surface area contributed by atoms with Gasteiger partial charge in [-0.3, -0.25) is 14.6 Å². The van der Waals surface area contributed by atoms with Crippen LogP contribution in [0.5, 0.6) is 0 Å². The SMILES string of the molecule is O=C(Cc1cccc2cccnc12)NC1CC(C(=O)O)C1. The largest absolute Gasteiger partial charge is 0.481 e. The van der Waals surface area contributed by atoms with E-state index in [-0.39, 0.29) is 24.3 Å². The van der Waals surface area contributed by atoms with Crippen LogP contribution in [0, 0.1) is 5.92 Å². The van der Waals surface area contributed by atoms with Crippen LogP contribution < -0.4 is 5.32 Å². The van der Waals surface area contributed by atoms with Crippen molar-refractivity contribution in [2.45, 2.75) is 25.3 Å². The van der Waals surface area contributed by atoms with Gasteiger partial charge in [-0.25, -0.2) is 0 Å². The molecule has 0 unspecified atom stereocenters. The Balaban J connectivity index is 1.63. The minimum absolute atomic E-state index is 0.0125. The number of para-hydroxylation sites is 1. The summed E-state index contributed by atoms with van der Waals surface area (Å²) >= 11 is 0. The number of carboxylic acid groups (broad SMARTS) is 1. The van der Waals surface area contributed by atoms with E-state index >= 15 is 0 Å². The number of aliphatic carboxylic acids is 1. The van der Waals surface area contributed by atoms with Crippen LogP contribution >= 0.6 is 0 Å². The number of carbonyl (C=O) groups is 2. The van der Waals surface area contributed by atoms with E-state index in [2.05, 4.69) is 10.3 Å². The first kappa shape index (κ1) is 13.5. The first-order valence-corrected chi connectivity index (χ1v) is 6.98.